The molecule has 0 saturated carbocycles. The number of aryl methyl sites for hydroxylation is 2. The molecule has 29 heavy (non-hydrogen) atoms. The Balaban J connectivity index is 1.83. The van der Waals surface area contributed by atoms with Gasteiger partial charge in [-0.3, -0.25) is 9.10 Å². The van der Waals surface area contributed by atoms with Crippen molar-refractivity contribution in [1.82, 2.24) is 5.32 Å². The Labute approximate surface area is 176 Å². The third-order valence-electron chi connectivity index (χ3n) is 5.00. The molecule has 156 valence electrons. The van der Waals surface area contributed by atoms with E-state index in [2.05, 4.69) is 11.4 Å². The first kappa shape index (κ1) is 21.5. The molecule has 0 fully saturated rings. The molecular formula is C21H25ClN2O4S. The largest absolute Gasteiger partial charge is 0.478 e. The lowest BCUT2D eigenvalue weighted by Crippen LogP contribution is -2.41. The fraction of sp³-hybridized carbons (Fsp3) is 0.381. The highest BCUT2D eigenvalue weighted by Crippen LogP contribution is 2.36. The lowest BCUT2D eigenvalue weighted by molar-refractivity contribution is -0.128. The van der Waals surface area contributed by atoms with E-state index < -0.39 is 16.1 Å². The molecule has 3 rings (SSSR count). The first-order valence-electron chi connectivity index (χ1n) is 9.37. The summed E-state index contributed by atoms with van der Waals surface area (Å²) in [6.45, 7) is 6.08. The van der Waals surface area contributed by atoms with E-state index in [4.69, 9.17) is 16.3 Å². The Morgan fingerprint density at radius 1 is 1.24 bits per heavy atom. The summed E-state index contributed by atoms with van der Waals surface area (Å²) in [5.74, 6) is 0.0328. The normalized spacial score (nSPS) is 17.7. The van der Waals surface area contributed by atoms with Crippen LogP contribution in [-0.2, 0) is 14.8 Å². The fourth-order valence-electron chi connectivity index (χ4n) is 3.58. The van der Waals surface area contributed by atoms with E-state index in [1.807, 2.05) is 32.9 Å². The second kappa shape index (κ2) is 8.24. The fourth-order valence-corrected chi connectivity index (χ4v) is 4.68. The van der Waals surface area contributed by atoms with Crippen molar-refractivity contribution in [1.29, 1.82) is 0 Å². The van der Waals surface area contributed by atoms with Gasteiger partial charge < -0.3 is 10.1 Å². The number of nitrogens with zero attached hydrogens (tertiary/aromatic N) is 1. The maximum Gasteiger partial charge on any atom is 0.261 e. The van der Waals surface area contributed by atoms with Gasteiger partial charge in [0, 0.05) is 18.0 Å². The number of rotatable bonds is 4. The van der Waals surface area contributed by atoms with Crippen LogP contribution < -0.4 is 14.4 Å². The molecular weight excluding hydrogens is 412 g/mol. The molecule has 1 aliphatic heterocycles. The molecule has 0 bridgehead atoms. The Morgan fingerprint density at radius 2 is 1.97 bits per heavy atom. The number of carbonyl (C=O) groups excluding carboxylic acids is 1. The quantitative estimate of drug-likeness (QED) is 0.791. The van der Waals surface area contributed by atoms with Crippen molar-refractivity contribution in [2.24, 2.45) is 0 Å². The van der Waals surface area contributed by atoms with Crippen LogP contribution in [0.2, 0.25) is 5.02 Å². The summed E-state index contributed by atoms with van der Waals surface area (Å²) in [4.78, 5) is 12.9. The number of hydrogen-bond acceptors (Lipinski definition) is 4. The number of hydrogen-bond donors (Lipinski definition) is 1. The zero-order valence-electron chi connectivity index (χ0n) is 16.9. The van der Waals surface area contributed by atoms with Gasteiger partial charge in [-0.1, -0.05) is 35.4 Å². The predicted molar refractivity (Wildman–Crippen MR) is 115 cm³/mol. The standard InChI is InChI=1S/C21H25ClN2O4S/c1-13-5-7-17(14(2)11-13)15(3)23-21(25)20-9-10-24(29(4,26)27)18-12-16(22)6-8-19(18)28-20/h5-8,11-12,15,20H,9-10H2,1-4H3,(H,23,25)/t15-,20+/m1/s1. The minimum absolute atomic E-state index is 0.127. The summed E-state index contributed by atoms with van der Waals surface area (Å²) in [7, 11) is -3.54. The maximum atomic E-state index is 12.9. The number of fused-ring (bicyclic) bond motifs is 1. The molecule has 1 heterocycles. The van der Waals surface area contributed by atoms with Gasteiger partial charge >= 0.3 is 0 Å². The van der Waals surface area contributed by atoms with Crippen LogP contribution in [0.3, 0.4) is 0 Å². The van der Waals surface area contributed by atoms with E-state index in [0.29, 0.717) is 16.5 Å². The van der Waals surface area contributed by atoms with Gasteiger partial charge in [-0.05, 0) is 50.1 Å². The third kappa shape index (κ3) is 4.85. The van der Waals surface area contributed by atoms with Crippen molar-refractivity contribution in [3.05, 3.63) is 58.1 Å². The summed E-state index contributed by atoms with van der Waals surface area (Å²) in [6.07, 6.45) is 0.542. The smallest absolute Gasteiger partial charge is 0.261 e. The first-order chi connectivity index (χ1) is 13.6. The highest BCUT2D eigenvalue weighted by Gasteiger charge is 2.32. The highest BCUT2D eigenvalue weighted by molar-refractivity contribution is 7.92. The topological polar surface area (TPSA) is 75.7 Å². The van der Waals surface area contributed by atoms with Crippen LogP contribution in [-0.4, -0.2) is 33.2 Å². The molecule has 0 spiro atoms. The van der Waals surface area contributed by atoms with Crippen molar-refractivity contribution in [3.8, 4) is 5.75 Å². The Morgan fingerprint density at radius 3 is 2.62 bits per heavy atom. The SMILES string of the molecule is Cc1ccc([C@@H](C)NC(=O)[C@@H]2CCN(S(C)(=O)=O)c3cc(Cl)ccc3O2)c(C)c1. The lowest BCUT2D eigenvalue weighted by Gasteiger charge is -2.21. The summed E-state index contributed by atoms with van der Waals surface area (Å²) >= 11 is 6.05. The number of anilines is 1. The van der Waals surface area contributed by atoms with E-state index in [9.17, 15) is 13.2 Å². The second-order valence-electron chi connectivity index (χ2n) is 7.43. The lowest BCUT2D eigenvalue weighted by atomic mass is 10.00. The van der Waals surface area contributed by atoms with Crippen LogP contribution in [0.4, 0.5) is 5.69 Å². The molecule has 0 unspecified atom stereocenters. The zero-order chi connectivity index (χ0) is 21.3. The molecule has 8 heteroatoms. The number of ether oxygens (including phenoxy) is 1. The van der Waals surface area contributed by atoms with Gasteiger partial charge in [0.15, 0.2) is 6.10 Å². The van der Waals surface area contributed by atoms with Crippen LogP contribution in [0.15, 0.2) is 36.4 Å². The molecule has 0 radical (unpaired) electrons. The Bertz CT molecular complexity index is 1040. The van der Waals surface area contributed by atoms with E-state index in [1.165, 1.54) is 10.4 Å². The number of sulfonamides is 1. The van der Waals surface area contributed by atoms with Gasteiger partial charge in [0.25, 0.3) is 5.91 Å². The molecule has 6 nitrogen and oxygen atoms in total. The van der Waals surface area contributed by atoms with Gasteiger partial charge in [0.05, 0.1) is 18.0 Å². The molecule has 2 aromatic rings. The molecule has 0 aromatic heterocycles. The third-order valence-corrected chi connectivity index (χ3v) is 6.41. The Hall–Kier alpha value is -2.25. The molecule has 1 aliphatic rings. The first-order valence-corrected chi connectivity index (χ1v) is 11.6. The molecule has 0 aliphatic carbocycles. The summed E-state index contributed by atoms with van der Waals surface area (Å²) in [5.41, 5.74) is 3.64. The van der Waals surface area contributed by atoms with E-state index >= 15 is 0 Å². The van der Waals surface area contributed by atoms with Crippen LogP contribution >= 0.6 is 11.6 Å². The molecule has 1 amide bonds. The van der Waals surface area contributed by atoms with Gasteiger partial charge in [0.1, 0.15) is 5.75 Å². The second-order valence-corrected chi connectivity index (χ2v) is 9.78. The highest BCUT2D eigenvalue weighted by atomic mass is 35.5. The van der Waals surface area contributed by atoms with Crippen LogP contribution in [0, 0.1) is 13.8 Å². The Kier molecular flexibility index (Phi) is 6.10. The number of benzene rings is 2. The number of carbonyl (C=O) groups is 1. The number of halogens is 1. The number of nitrogens with one attached hydrogen (secondary N) is 1. The van der Waals surface area contributed by atoms with Crippen LogP contribution in [0.5, 0.6) is 5.75 Å². The average Bonchev–Trinajstić information content (AvgIpc) is 2.80. The molecule has 0 saturated heterocycles. The summed E-state index contributed by atoms with van der Waals surface area (Å²) in [5, 5.41) is 3.39. The van der Waals surface area contributed by atoms with Gasteiger partial charge in [-0.15, -0.1) is 0 Å². The minimum atomic E-state index is -3.54. The maximum absolute atomic E-state index is 12.9. The van der Waals surface area contributed by atoms with E-state index in [0.717, 1.165) is 22.9 Å². The van der Waals surface area contributed by atoms with E-state index in [-0.39, 0.29) is 24.9 Å². The summed E-state index contributed by atoms with van der Waals surface area (Å²) < 4.78 is 31.6. The molecule has 1 N–H and O–H groups in total. The monoisotopic (exact) mass is 436 g/mol. The zero-order valence-corrected chi connectivity index (χ0v) is 18.5. The van der Waals surface area contributed by atoms with Crippen molar-refractivity contribution < 1.29 is 17.9 Å². The van der Waals surface area contributed by atoms with Gasteiger partial charge in [-0.25, -0.2) is 8.42 Å². The minimum Gasteiger partial charge on any atom is -0.478 e. The van der Waals surface area contributed by atoms with Crippen LogP contribution in [0.1, 0.15) is 36.1 Å². The molecule has 2 aromatic carbocycles. The van der Waals surface area contributed by atoms with E-state index in [1.54, 1.807) is 12.1 Å². The average molecular weight is 437 g/mol. The van der Waals surface area contributed by atoms with Gasteiger partial charge in [0.2, 0.25) is 10.0 Å². The van der Waals surface area contributed by atoms with Gasteiger partial charge in [-0.2, -0.15) is 0 Å². The predicted octanol–water partition coefficient (Wildman–Crippen LogP) is 3.75. The van der Waals surface area contributed by atoms with Crippen molar-refractivity contribution in [3.63, 3.8) is 0 Å². The molecule has 2 atom stereocenters. The number of amides is 1. The van der Waals surface area contributed by atoms with Crippen LogP contribution in [0.25, 0.3) is 0 Å². The van der Waals surface area contributed by atoms with Crippen molar-refractivity contribution >= 4 is 33.2 Å². The van der Waals surface area contributed by atoms with Crippen molar-refractivity contribution in [2.75, 3.05) is 17.1 Å². The van der Waals surface area contributed by atoms with Crippen molar-refractivity contribution in [2.45, 2.75) is 39.3 Å². The summed E-state index contributed by atoms with van der Waals surface area (Å²) in [6, 6.07) is 10.6.